The van der Waals surface area contributed by atoms with E-state index in [9.17, 15) is 9.59 Å². The molecule has 0 aliphatic rings. The number of unbranched alkanes of at least 4 members (excludes halogenated alkanes) is 11. The smallest absolute Gasteiger partial charge is 0.306 e. The fraction of sp³-hybridized carbons (Fsp3) is 0.641. The molecule has 0 heterocycles. The van der Waals surface area contributed by atoms with E-state index in [4.69, 9.17) is 9.84 Å². The van der Waals surface area contributed by atoms with Gasteiger partial charge in [-0.2, -0.15) is 0 Å². The predicted molar refractivity (Wildman–Crippen MR) is 185 cm³/mol. The molecule has 1 N–H and O–H groups in total. The Labute approximate surface area is 265 Å². The van der Waals surface area contributed by atoms with Crippen molar-refractivity contribution in [3.8, 4) is 0 Å². The maximum Gasteiger partial charge on any atom is 0.306 e. The van der Waals surface area contributed by atoms with Gasteiger partial charge in [-0.3, -0.25) is 9.59 Å². The summed E-state index contributed by atoms with van der Waals surface area (Å²) in [7, 11) is 0. The number of esters is 1. The highest BCUT2D eigenvalue weighted by atomic mass is 16.5. The monoisotopic (exact) mass is 596 g/mol. The fourth-order valence-electron chi connectivity index (χ4n) is 4.59. The maximum absolute atomic E-state index is 12.5. The van der Waals surface area contributed by atoms with Crippen LogP contribution < -0.4 is 0 Å². The average molecular weight is 597 g/mol. The maximum atomic E-state index is 12.5. The Balaban J connectivity index is 4.17. The summed E-state index contributed by atoms with van der Waals surface area (Å²) >= 11 is 0. The van der Waals surface area contributed by atoms with E-state index in [1.54, 1.807) is 0 Å². The Morgan fingerprint density at radius 2 is 1.05 bits per heavy atom. The zero-order valence-electron chi connectivity index (χ0n) is 27.7. The molecular formula is C39H64O4. The van der Waals surface area contributed by atoms with Gasteiger partial charge < -0.3 is 9.84 Å². The number of ether oxygens (including phenoxy) is 1. The van der Waals surface area contributed by atoms with Gasteiger partial charge in [0, 0.05) is 12.8 Å². The lowest BCUT2D eigenvalue weighted by atomic mass is 10.1. The highest BCUT2D eigenvalue weighted by molar-refractivity contribution is 5.69. The highest BCUT2D eigenvalue weighted by Gasteiger charge is 2.11. The average Bonchev–Trinajstić information content (AvgIpc) is 2.99. The van der Waals surface area contributed by atoms with E-state index < -0.39 is 5.97 Å². The van der Waals surface area contributed by atoms with E-state index in [-0.39, 0.29) is 18.5 Å². The molecule has 4 nitrogen and oxygen atoms in total. The van der Waals surface area contributed by atoms with E-state index in [1.807, 2.05) is 12.2 Å². The molecule has 0 spiro atoms. The van der Waals surface area contributed by atoms with Gasteiger partial charge in [-0.15, -0.1) is 0 Å². The minimum atomic E-state index is -0.780. The van der Waals surface area contributed by atoms with Crippen LogP contribution in [0.2, 0.25) is 0 Å². The second-order valence-electron chi connectivity index (χ2n) is 11.3. The van der Waals surface area contributed by atoms with E-state index in [0.717, 1.165) is 64.2 Å². The van der Waals surface area contributed by atoms with Crippen molar-refractivity contribution in [3.05, 3.63) is 72.9 Å². The molecule has 244 valence electrons. The van der Waals surface area contributed by atoms with Crippen molar-refractivity contribution in [2.24, 2.45) is 0 Å². The van der Waals surface area contributed by atoms with Gasteiger partial charge >= 0.3 is 11.9 Å². The molecule has 1 unspecified atom stereocenters. The molecule has 43 heavy (non-hydrogen) atoms. The Morgan fingerprint density at radius 3 is 1.60 bits per heavy atom. The molecule has 4 heteroatoms. The summed E-state index contributed by atoms with van der Waals surface area (Å²) in [6.07, 6.45) is 47.7. The van der Waals surface area contributed by atoms with Gasteiger partial charge in [-0.05, 0) is 89.5 Å². The molecule has 0 saturated carbocycles. The number of carboxylic acids is 1. The fourth-order valence-corrected chi connectivity index (χ4v) is 4.59. The largest absolute Gasteiger partial charge is 0.481 e. The first-order chi connectivity index (χ1) is 21.1. The van der Waals surface area contributed by atoms with Gasteiger partial charge in [0.25, 0.3) is 0 Å². The van der Waals surface area contributed by atoms with Crippen LogP contribution in [0.3, 0.4) is 0 Å². The van der Waals surface area contributed by atoms with Gasteiger partial charge in [0.2, 0.25) is 0 Å². The molecule has 0 bridgehead atoms. The Kier molecular flexibility index (Phi) is 31.8. The van der Waals surface area contributed by atoms with Crippen molar-refractivity contribution in [2.45, 2.75) is 161 Å². The topological polar surface area (TPSA) is 63.6 Å². The molecular weight excluding hydrogens is 532 g/mol. The molecule has 0 fully saturated rings. The number of carbonyl (C=O) groups is 2. The second kappa shape index (κ2) is 33.9. The van der Waals surface area contributed by atoms with Crippen LogP contribution in [0, 0.1) is 0 Å². The molecule has 1 atom stereocenters. The number of rotatable bonds is 30. The summed E-state index contributed by atoms with van der Waals surface area (Å²) in [5.41, 5.74) is 0. The van der Waals surface area contributed by atoms with Crippen molar-refractivity contribution >= 4 is 11.9 Å². The third-order valence-electron chi connectivity index (χ3n) is 7.15. The SMILES string of the molecule is CC/C=C\C/C=C\C/C=C\C/C=C\C/C=C\C(CCCCC(=O)O)OC(=O)CCCCCCC/C=C\CCCCCCC. The Bertz CT molecular complexity index is 815. The third-order valence-corrected chi connectivity index (χ3v) is 7.15. The van der Waals surface area contributed by atoms with E-state index in [2.05, 4.69) is 74.6 Å². The molecule has 0 aromatic carbocycles. The summed E-state index contributed by atoms with van der Waals surface area (Å²) in [6.45, 7) is 4.40. The summed E-state index contributed by atoms with van der Waals surface area (Å²) in [4.78, 5) is 23.3. The summed E-state index contributed by atoms with van der Waals surface area (Å²) in [5, 5.41) is 8.90. The van der Waals surface area contributed by atoms with E-state index in [0.29, 0.717) is 19.3 Å². The number of carboxylic acid groups (broad SMARTS) is 1. The first kappa shape index (κ1) is 40.4. The minimum Gasteiger partial charge on any atom is -0.481 e. The van der Waals surface area contributed by atoms with Crippen molar-refractivity contribution in [1.29, 1.82) is 0 Å². The predicted octanol–water partition coefficient (Wildman–Crippen LogP) is 11.9. The first-order valence-corrected chi connectivity index (χ1v) is 17.4. The Morgan fingerprint density at radius 1 is 0.558 bits per heavy atom. The van der Waals surface area contributed by atoms with Crippen LogP contribution in [0.4, 0.5) is 0 Å². The van der Waals surface area contributed by atoms with Crippen LogP contribution in [-0.2, 0) is 14.3 Å². The lowest BCUT2D eigenvalue weighted by Gasteiger charge is -2.14. The third kappa shape index (κ3) is 33.7. The Hall–Kier alpha value is -2.62. The number of hydrogen-bond donors (Lipinski definition) is 1. The quantitative estimate of drug-likeness (QED) is 0.0509. The van der Waals surface area contributed by atoms with Gasteiger partial charge in [-0.25, -0.2) is 0 Å². The number of allylic oxidation sites excluding steroid dienone is 11. The van der Waals surface area contributed by atoms with Crippen LogP contribution in [-0.4, -0.2) is 23.1 Å². The number of hydrogen-bond acceptors (Lipinski definition) is 3. The summed E-state index contributed by atoms with van der Waals surface area (Å²) in [5.74, 6) is -0.928. The van der Waals surface area contributed by atoms with Gasteiger partial charge in [-0.1, -0.05) is 126 Å². The first-order valence-electron chi connectivity index (χ1n) is 17.4. The zero-order valence-corrected chi connectivity index (χ0v) is 27.7. The molecule has 0 radical (unpaired) electrons. The number of aliphatic carboxylic acids is 1. The molecule has 0 rings (SSSR count). The van der Waals surface area contributed by atoms with Crippen LogP contribution in [0.5, 0.6) is 0 Å². The zero-order chi connectivity index (χ0) is 31.5. The van der Waals surface area contributed by atoms with Crippen molar-refractivity contribution < 1.29 is 19.4 Å². The van der Waals surface area contributed by atoms with E-state index in [1.165, 1.54) is 51.4 Å². The highest BCUT2D eigenvalue weighted by Crippen LogP contribution is 2.13. The normalized spacial score (nSPS) is 13.2. The summed E-state index contributed by atoms with van der Waals surface area (Å²) < 4.78 is 5.76. The van der Waals surface area contributed by atoms with Crippen molar-refractivity contribution in [2.75, 3.05) is 0 Å². The van der Waals surface area contributed by atoms with Crippen LogP contribution >= 0.6 is 0 Å². The molecule has 0 saturated heterocycles. The molecule has 0 aromatic heterocycles. The second-order valence-corrected chi connectivity index (χ2v) is 11.3. The number of carbonyl (C=O) groups excluding carboxylic acids is 1. The van der Waals surface area contributed by atoms with Crippen LogP contribution in [0.1, 0.15) is 155 Å². The molecule has 0 aromatic rings. The van der Waals surface area contributed by atoms with Crippen molar-refractivity contribution in [3.63, 3.8) is 0 Å². The van der Waals surface area contributed by atoms with Crippen molar-refractivity contribution in [1.82, 2.24) is 0 Å². The standard InChI is InChI=1S/C39H64O4/c1-3-5-7-9-11-13-15-17-19-21-23-25-27-29-33-37(34-31-32-35-38(40)41)43-39(42)36-30-28-26-24-22-20-18-16-14-12-10-8-6-4-2/h5,7,11,13,16-19,23,25,29,33,37H,3-4,6,8-10,12,14-15,20-22,24,26-28,30-32,34-36H2,1-2H3,(H,40,41)/b7-5-,13-11-,18-16-,19-17-,25-23-,33-29-. The molecule has 0 aliphatic carbocycles. The molecule has 0 amide bonds. The lowest BCUT2D eigenvalue weighted by Crippen LogP contribution is -2.16. The van der Waals surface area contributed by atoms with Crippen LogP contribution in [0.15, 0.2) is 72.9 Å². The minimum absolute atomic E-state index is 0.147. The summed E-state index contributed by atoms with van der Waals surface area (Å²) in [6, 6.07) is 0. The van der Waals surface area contributed by atoms with E-state index >= 15 is 0 Å². The lowest BCUT2D eigenvalue weighted by molar-refractivity contribution is -0.147. The van der Waals surface area contributed by atoms with Crippen LogP contribution in [0.25, 0.3) is 0 Å². The van der Waals surface area contributed by atoms with Gasteiger partial charge in [0.1, 0.15) is 6.10 Å². The van der Waals surface area contributed by atoms with Gasteiger partial charge in [0.15, 0.2) is 0 Å². The van der Waals surface area contributed by atoms with Gasteiger partial charge in [0.05, 0.1) is 0 Å². The molecule has 0 aliphatic heterocycles.